The molecule has 0 bridgehead atoms. The molecule has 0 unspecified atom stereocenters. The van der Waals surface area contributed by atoms with E-state index in [0.29, 0.717) is 17.5 Å². The van der Waals surface area contributed by atoms with Crippen LogP contribution in [0.1, 0.15) is 27.8 Å². The van der Waals surface area contributed by atoms with Crippen LogP contribution in [0, 0.1) is 18.8 Å². The second-order valence-electron chi connectivity index (χ2n) is 7.05. The van der Waals surface area contributed by atoms with E-state index in [-0.39, 0.29) is 36.8 Å². The summed E-state index contributed by atoms with van der Waals surface area (Å²) in [6.07, 6.45) is 1.71. The molecular weight excluding hydrogens is 387 g/mol. The quantitative estimate of drug-likeness (QED) is 0.841. The number of amides is 1. The number of carbonyl (C=O) groups is 1. The number of likely N-dealkylation sites (tertiary alicyclic amines) is 1. The van der Waals surface area contributed by atoms with E-state index in [1.807, 2.05) is 35.6 Å². The van der Waals surface area contributed by atoms with E-state index < -0.39 is 0 Å². The average molecular weight is 413 g/mol. The molecule has 3 heterocycles. The summed E-state index contributed by atoms with van der Waals surface area (Å²) < 4.78 is 7.11. The molecule has 4 rings (SSSR count). The lowest BCUT2D eigenvalue weighted by Crippen LogP contribution is -2.36. The minimum atomic E-state index is 0. The van der Waals surface area contributed by atoms with E-state index in [2.05, 4.69) is 22.4 Å². The van der Waals surface area contributed by atoms with Crippen LogP contribution < -0.4 is 10.1 Å². The highest BCUT2D eigenvalue weighted by molar-refractivity contribution is 5.94. The van der Waals surface area contributed by atoms with Gasteiger partial charge in [0.2, 0.25) is 0 Å². The van der Waals surface area contributed by atoms with Crippen LogP contribution in [-0.4, -0.2) is 47.1 Å². The number of hydrogen-bond acceptors (Lipinski definition) is 4. The molecule has 1 aromatic heterocycles. The average Bonchev–Trinajstić information content (AvgIpc) is 3.29. The van der Waals surface area contributed by atoms with Gasteiger partial charge in [-0.3, -0.25) is 4.79 Å². The molecule has 148 valence electrons. The third-order valence-electron chi connectivity index (χ3n) is 5.61. The van der Waals surface area contributed by atoms with E-state index in [1.54, 1.807) is 13.4 Å². The Hall–Kier alpha value is -1.76. The number of nitrogens with one attached hydrogen (secondary N) is 1. The molecule has 0 aliphatic carbocycles. The van der Waals surface area contributed by atoms with Crippen LogP contribution in [0.4, 0.5) is 0 Å². The summed E-state index contributed by atoms with van der Waals surface area (Å²) in [6.45, 7) is 4.62. The first kappa shape index (κ1) is 21.5. The molecule has 2 saturated heterocycles. The number of methoxy groups -OCH3 is 1. The molecule has 2 aromatic rings. The maximum Gasteiger partial charge on any atom is 0.272 e. The number of imidazole rings is 1. The van der Waals surface area contributed by atoms with Gasteiger partial charge in [-0.05, 0) is 30.5 Å². The molecule has 1 N–H and O–H groups in total. The van der Waals surface area contributed by atoms with Gasteiger partial charge < -0.3 is 19.5 Å². The maximum absolute atomic E-state index is 13.3. The van der Waals surface area contributed by atoms with Crippen molar-refractivity contribution >= 4 is 30.7 Å². The molecule has 27 heavy (non-hydrogen) atoms. The van der Waals surface area contributed by atoms with Crippen LogP contribution >= 0.6 is 24.8 Å². The van der Waals surface area contributed by atoms with Crippen LogP contribution in [0.25, 0.3) is 0 Å². The van der Waals surface area contributed by atoms with Crippen molar-refractivity contribution in [2.24, 2.45) is 18.9 Å². The van der Waals surface area contributed by atoms with E-state index in [0.717, 1.165) is 31.1 Å². The largest absolute Gasteiger partial charge is 0.497 e. The summed E-state index contributed by atoms with van der Waals surface area (Å²) in [6, 6.07) is 8.21. The lowest BCUT2D eigenvalue weighted by atomic mass is 9.89. The molecule has 2 aliphatic rings. The lowest BCUT2D eigenvalue weighted by Gasteiger charge is -2.29. The smallest absolute Gasteiger partial charge is 0.272 e. The van der Waals surface area contributed by atoms with Gasteiger partial charge in [0.05, 0.1) is 25.2 Å². The number of hydrogen-bond donors (Lipinski definition) is 1. The predicted molar refractivity (Wildman–Crippen MR) is 109 cm³/mol. The van der Waals surface area contributed by atoms with E-state index in [4.69, 9.17) is 4.74 Å². The Morgan fingerprint density at radius 3 is 2.52 bits per heavy atom. The molecule has 0 radical (unpaired) electrons. The van der Waals surface area contributed by atoms with Gasteiger partial charge in [-0.2, -0.15) is 0 Å². The molecule has 8 heteroatoms. The summed E-state index contributed by atoms with van der Waals surface area (Å²) >= 11 is 0. The first-order valence-electron chi connectivity index (χ1n) is 8.73. The fourth-order valence-electron chi connectivity index (χ4n) is 4.35. The van der Waals surface area contributed by atoms with Gasteiger partial charge in [-0.1, -0.05) is 12.1 Å². The Morgan fingerprint density at radius 2 is 1.93 bits per heavy atom. The summed E-state index contributed by atoms with van der Waals surface area (Å²) in [4.78, 5) is 19.6. The highest BCUT2D eigenvalue weighted by Crippen LogP contribution is 2.43. The number of rotatable bonds is 3. The van der Waals surface area contributed by atoms with Gasteiger partial charge in [-0.15, -0.1) is 24.8 Å². The summed E-state index contributed by atoms with van der Waals surface area (Å²) in [5.41, 5.74) is 2.65. The van der Waals surface area contributed by atoms with Crippen LogP contribution in [0.2, 0.25) is 0 Å². The van der Waals surface area contributed by atoms with Crippen LogP contribution in [0.3, 0.4) is 0 Å². The van der Waals surface area contributed by atoms with Crippen molar-refractivity contribution in [3.63, 3.8) is 0 Å². The number of ether oxygens (including phenoxy) is 1. The molecule has 2 aliphatic heterocycles. The Morgan fingerprint density at radius 1 is 1.22 bits per heavy atom. The predicted octanol–water partition coefficient (Wildman–Crippen LogP) is 2.61. The van der Waals surface area contributed by atoms with Crippen molar-refractivity contribution in [1.29, 1.82) is 0 Å². The first-order valence-corrected chi connectivity index (χ1v) is 8.73. The van der Waals surface area contributed by atoms with Crippen LogP contribution in [0.5, 0.6) is 5.75 Å². The normalized spacial score (nSPS) is 23.4. The van der Waals surface area contributed by atoms with Crippen molar-refractivity contribution in [3.8, 4) is 5.75 Å². The zero-order valence-electron chi connectivity index (χ0n) is 15.7. The molecule has 0 saturated carbocycles. The molecule has 0 spiro atoms. The topological polar surface area (TPSA) is 59.4 Å². The van der Waals surface area contributed by atoms with E-state index >= 15 is 0 Å². The zero-order valence-corrected chi connectivity index (χ0v) is 17.3. The van der Waals surface area contributed by atoms with Gasteiger partial charge in [0, 0.05) is 32.6 Å². The van der Waals surface area contributed by atoms with Crippen molar-refractivity contribution < 1.29 is 9.53 Å². The number of fused-ring (bicyclic) bond motifs is 1. The second-order valence-corrected chi connectivity index (χ2v) is 7.05. The zero-order chi connectivity index (χ0) is 17.6. The number of halogens is 2. The molecule has 3 atom stereocenters. The summed E-state index contributed by atoms with van der Waals surface area (Å²) in [5.74, 6) is 1.87. The SMILES string of the molecule is COc1ccc([C@H]2[C@H]3CNC[C@H]3CN2C(=O)c2c(C)ncn2C)cc1.Cl.Cl. The van der Waals surface area contributed by atoms with Gasteiger partial charge in [0.1, 0.15) is 11.4 Å². The first-order chi connectivity index (χ1) is 12.1. The summed E-state index contributed by atoms with van der Waals surface area (Å²) in [5, 5.41) is 3.48. The molecule has 1 aromatic carbocycles. The van der Waals surface area contributed by atoms with Gasteiger partial charge in [-0.25, -0.2) is 4.98 Å². The van der Waals surface area contributed by atoms with Crippen molar-refractivity contribution in [1.82, 2.24) is 19.8 Å². The fraction of sp³-hybridized carbons (Fsp3) is 0.474. The van der Waals surface area contributed by atoms with Crippen molar-refractivity contribution in [3.05, 3.63) is 47.5 Å². The molecule has 2 fully saturated rings. The molecular formula is C19H26Cl2N4O2. The molecule has 6 nitrogen and oxygen atoms in total. The minimum Gasteiger partial charge on any atom is -0.497 e. The van der Waals surface area contributed by atoms with Crippen LogP contribution in [-0.2, 0) is 7.05 Å². The highest BCUT2D eigenvalue weighted by Gasteiger charge is 2.47. The van der Waals surface area contributed by atoms with E-state index in [9.17, 15) is 4.79 Å². The minimum absolute atomic E-state index is 0. The number of aromatic nitrogens is 2. The third kappa shape index (κ3) is 3.66. The number of nitrogens with zero attached hydrogens (tertiary/aromatic N) is 3. The fourth-order valence-corrected chi connectivity index (χ4v) is 4.35. The van der Waals surface area contributed by atoms with E-state index in [1.165, 1.54) is 5.56 Å². The Labute approximate surface area is 172 Å². The van der Waals surface area contributed by atoms with Crippen molar-refractivity contribution in [2.45, 2.75) is 13.0 Å². The second kappa shape index (κ2) is 8.50. The third-order valence-corrected chi connectivity index (χ3v) is 5.61. The lowest BCUT2D eigenvalue weighted by molar-refractivity contribution is 0.0703. The monoisotopic (exact) mass is 412 g/mol. The molecule has 1 amide bonds. The van der Waals surface area contributed by atoms with Crippen molar-refractivity contribution in [2.75, 3.05) is 26.7 Å². The standard InChI is InChI=1S/C19H24N4O2.2ClH/c1-12-17(22(2)11-21-12)19(24)23-10-14-8-20-9-16(14)18(23)13-4-6-15(25-3)7-5-13;;/h4-7,11,14,16,18,20H,8-10H2,1-3H3;2*1H/t14-,16-,18-;;/m0../s1. The summed E-state index contributed by atoms with van der Waals surface area (Å²) in [7, 11) is 3.55. The maximum atomic E-state index is 13.3. The number of aryl methyl sites for hydroxylation is 2. The Balaban J connectivity index is 0.00000131. The number of benzene rings is 1. The van der Waals surface area contributed by atoms with Gasteiger partial charge in [0.15, 0.2) is 0 Å². The Kier molecular flexibility index (Phi) is 6.78. The van der Waals surface area contributed by atoms with Gasteiger partial charge >= 0.3 is 0 Å². The Bertz CT molecular complexity index is 774. The van der Waals surface area contributed by atoms with Crippen LogP contribution in [0.15, 0.2) is 30.6 Å². The number of carbonyl (C=O) groups excluding carboxylic acids is 1. The van der Waals surface area contributed by atoms with Gasteiger partial charge in [0.25, 0.3) is 5.91 Å². The highest BCUT2D eigenvalue weighted by atomic mass is 35.5.